The molecule has 66 valence electrons. The van der Waals surface area contributed by atoms with Gasteiger partial charge in [0.2, 0.25) is 0 Å². The normalized spacial score (nSPS) is 22.3. The van der Waals surface area contributed by atoms with Crippen molar-refractivity contribution in [1.29, 1.82) is 0 Å². The van der Waals surface area contributed by atoms with Crippen LogP contribution in [0.25, 0.3) is 0 Å². The molecule has 0 spiro atoms. The quantitative estimate of drug-likeness (QED) is 0.660. The Kier molecular flexibility index (Phi) is 1.84. The summed E-state index contributed by atoms with van der Waals surface area (Å²) in [5, 5.41) is 11.6. The summed E-state index contributed by atoms with van der Waals surface area (Å²) >= 11 is 0. The van der Waals surface area contributed by atoms with Crippen molar-refractivity contribution >= 4 is 0 Å². The highest BCUT2D eigenvalue weighted by Crippen LogP contribution is 2.15. The van der Waals surface area contributed by atoms with Gasteiger partial charge in [-0.1, -0.05) is 6.92 Å². The Morgan fingerprint density at radius 1 is 1.58 bits per heavy atom. The third-order valence-electron chi connectivity index (χ3n) is 2.32. The molecular weight excluding hydrogens is 152 g/mol. The lowest BCUT2D eigenvalue weighted by atomic mass is 10.2. The second-order valence-electron chi connectivity index (χ2n) is 3.24. The van der Waals surface area contributed by atoms with Crippen LogP contribution < -0.4 is 5.32 Å². The van der Waals surface area contributed by atoms with Crippen LogP contribution in [0.5, 0.6) is 0 Å². The summed E-state index contributed by atoms with van der Waals surface area (Å²) in [6, 6.07) is 0.499. The molecule has 1 aromatic heterocycles. The van der Waals surface area contributed by atoms with Crippen molar-refractivity contribution in [3.63, 3.8) is 0 Å². The summed E-state index contributed by atoms with van der Waals surface area (Å²) in [6.07, 6.45) is 0.970. The molecule has 0 aliphatic carbocycles. The van der Waals surface area contributed by atoms with Crippen LogP contribution in [0.1, 0.15) is 31.5 Å². The van der Waals surface area contributed by atoms with E-state index in [-0.39, 0.29) is 0 Å². The maximum Gasteiger partial charge on any atom is 0.147 e. The molecule has 2 rings (SSSR count). The van der Waals surface area contributed by atoms with E-state index in [2.05, 4.69) is 33.9 Å². The van der Waals surface area contributed by atoms with Crippen LogP contribution in [0.3, 0.4) is 0 Å². The SMILES string of the molecule is CCc1nnc2n1C(C)CNC2. The van der Waals surface area contributed by atoms with E-state index in [1.807, 2.05) is 0 Å². The number of hydrogen-bond donors (Lipinski definition) is 1. The number of rotatable bonds is 1. The van der Waals surface area contributed by atoms with Crippen LogP contribution in [-0.4, -0.2) is 21.3 Å². The van der Waals surface area contributed by atoms with Crippen LogP contribution in [0.4, 0.5) is 0 Å². The van der Waals surface area contributed by atoms with Gasteiger partial charge in [-0.05, 0) is 6.92 Å². The number of aryl methyl sites for hydroxylation is 1. The molecule has 0 amide bonds. The average molecular weight is 166 g/mol. The Balaban J connectivity index is 2.43. The molecule has 0 fully saturated rings. The molecule has 2 heterocycles. The summed E-state index contributed by atoms with van der Waals surface area (Å²) in [4.78, 5) is 0. The molecule has 1 unspecified atom stereocenters. The van der Waals surface area contributed by atoms with Crippen molar-refractivity contribution in [2.24, 2.45) is 0 Å². The topological polar surface area (TPSA) is 42.7 Å². The van der Waals surface area contributed by atoms with E-state index in [0.717, 1.165) is 31.2 Å². The molecule has 1 aliphatic rings. The third-order valence-corrected chi connectivity index (χ3v) is 2.32. The highest BCUT2D eigenvalue weighted by atomic mass is 15.3. The van der Waals surface area contributed by atoms with Crippen LogP contribution in [0.2, 0.25) is 0 Å². The van der Waals surface area contributed by atoms with Crippen molar-refractivity contribution in [1.82, 2.24) is 20.1 Å². The minimum atomic E-state index is 0.499. The van der Waals surface area contributed by atoms with Gasteiger partial charge in [-0.2, -0.15) is 0 Å². The highest BCUT2D eigenvalue weighted by Gasteiger charge is 2.19. The number of nitrogens with zero attached hydrogens (tertiary/aromatic N) is 3. The first-order chi connectivity index (χ1) is 5.83. The minimum absolute atomic E-state index is 0.499. The van der Waals surface area contributed by atoms with Gasteiger partial charge in [0.15, 0.2) is 0 Å². The van der Waals surface area contributed by atoms with Crippen LogP contribution in [0.15, 0.2) is 0 Å². The standard InChI is InChI=1S/C8H14N4/c1-3-7-10-11-8-5-9-4-6(2)12(7)8/h6,9H,3-5H2,1-2H3. The Morgan fingerprint density at radius 3 is 3.17 bits per heavy atom. The molecule has 1 N–H and O–H groups in total. The van der Waals surface area contributed by atoms with Gasteiger partial charge < -0.3 is 9.88 Å². The van der Waals surface area contributed by atoms with E-state index in [1.165, 1.54) is 0 Å². The van der Waals surface area contributed by atoms with E-state index in [9.17, 15) is 0 Å². The summed E-state index contributed by atoms with van der Waals surface area (Å²) in [6.45, 7) is 6.19. The summed E-state index contributed by atoms with van der Waals surface area (Å²) in [7, 11) is 0. The lowest BCUT2D eigenvalue weighted by molar-refractivity contribution is 0.412. The molecule has 0 bridgehead atoms. The van der Waals surface area contributed by atoms with E-state index in [4.69, 9.17) is 0 Å². The highest BCUT2D eigenvalue weighted by molar-refractivity contribution is 5.01. The molecule has 4 nitrogen and oxygen atoms in total. The largest absolute Gasteiger partial charge is 0.310 e. The molecule has 1 aliphatic heterocycles. The molecule has 12 heavy (non-hydrogen) atoms. The van der Waals surface area contributed by atoms with Crippen molar-refractivity contribution in [2.45, 2.75) is 32.9 Å². The molecule has 1 aromatic rings. The van der Waals surface area contributed by atoms with Gasteiger partial charge in [-0.3, -0.25) is 0 Å². The number of fused-ring (bicyclic) bond motifs is 1. The Bertz CT molecular complexity index is 265. The van der Waals surface area contributed by atoms with Crippen LogP contribution >= 0.6 is 0 Å². The van der Waals surface area contributed by atoms with E-state index in [0.29, 0.717) is 6.04 Å². The monoisotopic (exact) mass is 166 g/mol. The number of nitrogens with one attached hydrogen (secondary N) is 1. The first-order valence-electron chi connectivity index (χ1n) is 4.46. The first kappa shape index (κ1) is 7.73. The van der Waals surface area contributed by atoms with E-state index in [1.54, 1.807) is 0 Å². The minimum Gasteiger partial charge on any atom is -0.310 e. The van der Waals surface area contributed by atoms with Gasteiger partial charge in [0, 0.05) is 19.0 Å². The Hall–Kier alpha value is -0.900. The zero-order valence-corrected chi connectivity index (χ0v) is 7.54. The fraction of sp³-hybridized carbons (Fsp3) is 0.750. The molecular formula is C8H14N4. The van der Waals surface area contributed by atoms with Gasteiger partial charge in [-0.25, -0.2) is 0 Å². The molecule has 0 radical (unpaired) electrons. The van der Waals surface area contributed by atoms with Crippen molar-refractivity contribution in [3.05, 3.63) is 11.6 Å². The smallest absolute Gasteiger partial charge is 0.147 e. The maximum absolute atomic E-state index is 4.14. The zero-order valence-electron chi connectivity index (χ0n) is 7.54. The predicted octanol–water partition coefficient (Wildman–Crippen LogP) is 0.505. The van der Waals surface area contributed by atoms with Gasteiger partial charge >= 0.3 is 0 Å². The summed E-state index contributed by atoms with van der Waals surface area (Å²) in [5.41, 5.74) is 0. The summed E-state index contributed by atoms with van der Waals surface area (Å²) in [5.74, 6) is 2.18. The Morgan fingerprint density at radius 2 is 2.42 bits per heavy atom. The lowest BCUT2D eigenvalue weighted by Crippen LogP contribution is -2.32. The second kappa shape index (κ2) is 2.86. The summed E-state index contributed by atoms with van der Waals surface area (Å²) < 4.78 is 2.25. The number of hydrogen-bond acceptors (Lipinski definition) is 3. The number of aromatic nitrogens is 3. The van der Waals surface area contributed by atoms with Gasteiger partial charge in [-0.15, -0.1) is 10.2 Å². The van der Waals surface area contributed by atoms with E-state index < -0.39 is 0 Å². The van der Waals surface area contributed by atoms with Gasteiger partial charge in [0.1, 0.15) is 11.6 Å². The molecule has 1 atom stereocenters. The van der Waals surface area contributed by atoms with Gasteiger partial charge in [0.05, 0.1) is 6.54 Å². The fourth-order valence-electron chi connectivity index (χ4n) is 1.72. The van der Waals surface area contributed by atoms with Crippen LogP contribution in [-0.2, 0) is 13.0 Å². The first-order valence-corrected chi connectivity index (χ1v) is 4.46. The molecule has 0 saturated carbocycles. The van der Waals surface area contributed by atoms with E-state index >= 15 is 0 Å². The molecule has 0 aromatic carbocycles. The zero-order chi connectivity index (χ0) is 8.55. The second-order valence-corrected chi connectivity index (χ2v) is 3.24. The van der Waals surface area contributed by atoms with Gasteiger partial charge in [0.25, 0.3) is 0 Å². The van der Waals surface area contributed by atoms with Crippen molar-refractivity contribution in [3.8, 4) is 0 Å². The lowest BCUT2D eigenvalue weighted by Gasteiger charge is -2.23. The fourth-order valence-corrected chi connectivity index (χ4v) is 1.72. The van der Waals surface area contributed by atoms with Crippen LogP contribution in [0, 0.1) is 0 Å². The predicted molar refractivity (Wildman–Crippen MR) is 45.8 cm³/mol. The third kappa shape index (κ3) is 1.03. The van der Waals surface area contributed by atoms with Crippen molar-refractivity contribution < 1.29 is 0 Å². The Labute approximate surface area is 72.0 Å². The molecule has 0 saturated heterocycles. The average Bonchev–Trinajstić information content (AvgIpc) is 2.49. The van der Waals surface area contributed by atoms with Crippen molar-refractivity contribution in [2.75, 3.05) is 6.54 Å². The maximum atomic E-state index is 4.14. The molecule has 4 heteroatoms.